The predicted octanol–water partition coefficient (Wildman–Crippen LogP) is 6.28. The Morgan fingerprint density at radius 3 is 2.26 bits per heavy atom. The number of halogens is 2. The second-order valence-corrected chi connectivity index (χ2v) is 8.40. The lowest BCUT2D eigenvalue weighted by Crippen LogP contribution is -2.13. The summed E-state index contributed by atoms with van der Waals surface area (Å²) in [4.78, 5) is 25.1. The average Bonchev–Trinajstić information content (AvgIpc) is 2.75. The molecule has 0 saturated heterocycles. The van der Waals surface area contributed by atoms with E-state index in [-0.39, 0.29) is 11.3 Å². The molecule has 1 amide bonds. The van der Waals surface area contributed by atoms with Gasteiger partial charge in [0, 0.05) is 20.2 Å². The van der Waals surface area contributed by atoms with Gasteiger partial charge in [-0.1, -0.05) is 49.6 Å². The largest absolute Gasteiger partial charge is 0.422 e. The molecule has 0 aliphatic carbocycles. The molecule has 0 aromatic heterocycles. The number of nitrogens with zero attached hydrogens (tertiary/aromatic N) is 1. The number of nitriles is 1. The highest BCUT2D eigenvalue weighted by Crippen LogP contribution is 2.27. The molecule has 0 atom stereocenters. The van der Waals surface area contributed by atoms with Crippen LogP contribution in [0.4, 0.5) is 5.69 Å². The number of aryl methyl sites for hydroxylation is 1. The molecule has 0 fully saturated rings. The summed E-state index contributed by atoms with van der Waals surface area (Å²) >= 11 is 6.70. The number of esters is 1. The number of carbonyl (C=O) groups is 2. The Hall–Kier alpha value is -3.21. The van der Waals surface area contributed by atoms with Crippen LogP contribution < -0.4 is 10.1 Å². The summed E-state index contributed by atoms with van der Waals surface area (Å²) in [5.41, 5.74) is 2.26. The maximum absolute atomic E-state index is 12.6. The monoisotopic (exact) mass is 538 g/mol. The van der Waals surface area contributed by atoms with Crippen molar-refractivity contribution < 1.29 is 14.3 Å². The van der Waals surface area contributed by atoms with Gasteiger partial charge >= 0.3 is 5.97 Å². The van der Waals surface area contributed by atoms with Crippen LogP contribution in [0.25, 0.3) is 6.08 Å². The van der Waals surface area contributed by atoms with E-state index in [4.69, 9.17) is 4.74 Å². The normalized spacial score (nSPS) is 10.8. The summed E-state index contributed by atoms with van der Waals surface area (Å²) in [5, 5.41) is 12.2. The summed E-state index contributed by atoms with van der Waals surface area (Å²) in [6.45, 7) is 1.93. The summed E-state index contributed by atoms with van der Waals surface area (Å²) in [7, 11) is 0. The van der Waals surface area contributed by atoms with Crippen molar-refractivity contribution in [3.8, 4) is 11.8 Å². The summed E-state index contributed by atoms with van der Waals surface area (Å²) < 4.78 is 7.11. The van der Waals surface area contributed by atoms with Gasteiger partial charge in [-0.2, -0.15) is 5.26 Å². The third-order valence-corrected chi connectivity index (χ3v) is 5.25. The van der Waals surface area contributed by atoms with Crippen LogP contribution in [0.3, 0.4) is 0 Å². The molecule has 0 unspecified atom stereocenters. The molecule has 31 heavy (non-hydrogen) atoms. The van der Waals surface area contributed by atoms with E-state index >= 15 is 0 Å². The molecule has 0 saturated carbocycles. The van der Waals surface area contributed by atoms with E-state index in [0.29, 0.717) is 21.3 Å². The van der Waals surface area contributed by atoms with Gasteiger partial charge in [-0.3, -0.25) is 4.79 Å². The first kappa shape index (κ1) is 22.5. The molecule has 3 aromatic carbocycles. The third kappa shape index (κ3) is 6.14. The Bertz CT molecular complexity index is 1190. The molecule has 5 nitrogen and oxygen atoms in total. The molecule has 3 aromatic rings. The molecular weight excluding hydrogens is 524 g/mol. The lowest BCUT2D eigenvalue weighted by molar-refractivity contribution is -0.112. The van der Waals surface area contributed by atoms with E-state index in [2.05, 4.69) is 37.2 Å². The second kappa shape index (κ2) is 10.2. The van der Waals surface area contributed by atoms with Gasteiger partial charge in [-0.25, -0.2) is 4.79 Å². The molecule has 0 spiro atoms. The summed E-state index contributed by atoms with van der Waals surface area (Å²) in [5.74, 6) is -0.867. The lowest BCUT2D eigenvalue weighted by Gasteiger charge is -2.09. The molecule has 0 aliphatic rings. The minimum atomic E-state index is -0.569. The van der Waals surface area contributed by atoms with Gasteiger partial charge in [0.15, 0.2) is 0 Å². The molecule has 0 radical (unpaired) electrons. The van der Waals surface area contributed by atoms with Gasteiger partial charge in [-0.15, -0.1) is 0 Å². The fourth-order valence-electron chi connectivity index (χ4n) is 2.61. The SMILES string of the molecule is Cc1ccc(C(=O)Oc2ccc(Br)cc2/C=C(\C#N)C(=O)Nc2ccc(Br)cc2)cc1. The van der Waals surface area contributed by atoms with E-state index in [1.165, 1.54) is 6.08 Å². The van der Waals surface area contributed by atoms with Crippen molar-refractivity contribution in [2.75, 3.05) is 5.32 Å². The van der Waals surface area contributed by atoms with E-state index < -0.39 is 11.9 Å². The zero-order valence-corrected chi connectivity index (χ0v) is 19.5. The first-order valence-corrected chi connectivity index (χ1v) is 10.7. The molecule has 154 valence electrons. The minimum Gasteiger partial charge on any atom is -0.422 e. The van der Waals surface area contributed by atoms with E-state index in [9.17, 15) is 14.9 Å². The highest BCUT2D eigenvalue weighted by Gasteiger charge is 2.15. The predicted molar refractivity (Wildman–Crippen MR) is 127 cm³/mol. The fourth-order valence-corrected chi connectivity index (χ4v) is 3.25. The number of benzene rings is 3. The highest BCUT2D eigenvalue weighted by atomic mass is 79.9. The first-order chi connectivity index (χ1) is 14.9. The molecule has 0 bridgehead atoms. The third-order valence-electron chi connectivity index (χ3n) is 4.23. The highest BCUT2D eigenvalue weighted by molar-refractivity contribution is 9.10. The van der Waals surface area contributed by atoms with Crippen molar-refractivity contribution in [2.24, 2.45) is 0 Å². The average molecular weight is 540 g/mol. The van der Waals surface area contributed by atoms with Crippen LogP contribution in [0.2, 0.25) is 0 Å². The van der Waals surface area contributed by atoms with Crippen LogP contribution in [0.1, 0.15) is 21.5 Å². The van der Waals surface area contributed by atoms with Crippen molar-refractivity contribution in [3.05, 3.63) is 97.9 Å². The minimum absolute atomic E-state index is 0.131. The number of nitrogens with one attached hydrogen (secondary N) is 1. The van der Waals surface area contributed by atoms with Gasteiger partial charge in [0.25, 0.3) is 5.91 Å². The van der Waals surface area contributed by atoms with Crippen LogP contribution in [0.15, 0.2) is 81.2 Å². The Kier molecular flexibility index (Phi) is 7.40. The van der Waals surface area contributed by atoms with Crippen LogP contribution in [0.5, 0.6) is 5.75 Å². The van der Waals surface area contributed by atoms with Gasteiger partial charge < -0.3 is 10.1 Å². The van der Waals surface area contributed by atoms with Crippen LogP contribution >= 0.6 is 31.9 Å². The fraction of sp³-hybridized carbons (Fsp3) is 0.0417. The molecule has 0 aliphatic heterocycles. The Morgan fingerprint density at radius 2 is 1.61 bits per heavy atom. The van der Waals surface area contributed by atoms with Crippen molar-refractivity contribution >= 4 is 55.5 Å². The van der Waals surface area contributed by atoms with Crippen LogP contribution in [-0.4, -0.2) is 11.9 Å². The van der Waals surface area contributed by atoms with Crippen molar-refractivity contribution in [1.29, 1.82) is 5.26 Å². The van der Waals surface area contributed by atoms with E-state index in [0.717, 1.165) is 10.0 Å². The number of anilines is 1. The Labute approximate surface area is 196 Å². The van der Waals surface area contributed by atoms with Crippen LogP contribution in [0, 0.1) is 18.3 Å². The van der Waals surface area contributed by atoms with E-state index in [1.54, 1.807) is 54.6 Å². The zero-order chi connectivity index (χ0) is 22.4. The maximum atomic E-state index is 12.6. The number of ether oxygens (including phenoxy) is 1. The van der Waals surface area contributed by atoms with Crippen molar-refractivity contribution in [3.63, 3.8) is 0 Å². The number of amides is 1. The smallest absolute Gasteiger partial charge is 0.343 e. The van der Waals surface area contributed by atoms with Gasteiger partial charge in [0.2, 0.25) is 0 Å². The standard InChI is InChI=1S/C24H16Br2N2O3/c1-15-2-4-16(5-3-15)24(30)31-22-11-8-20(26)13-17(22)12-18(14-27)23(29)28-21-9-6-19(25)7-10-21/h2-13H,1H3,(H,28,29)/b18-12+. The Morgan fingerprint density at radius 1 is 0.968 bits per heavy atom. The molecule has 3 rings (SSSR count). The molecule has 1 N–H and O–H groups in total. The topological polar surface area (TPSA) is 79.2 Å². The zero-order valence-electron chi connectivity index (χ0n) is 16.4. The van der Waals surface area contributed by atoms with Gasteiger partial charge in [0.1, 0.15) is 17.4 Å². The number of carbonyl (C=O) groups excluding carboxylic acids is 2. The van der Waals surface area contributed by atoms with Crippen molar-refractivity contribution in [1.82, 2.24) is 0 Å². The maximum Gasteiger partial charge on any atom is 0.343 e. The molecule has 0 heterocycles. The number of hydrogen-bond donors (Lipinski definition) is 1. The van der Waals surface area contributed by atoms with Gasteiger partial charge in [0.05, 0.1) is 5.56 Å². The molecule has 7 heteroatoms. The Balaban J connectivity index is 1.87. The first-order valence-electron chi connectivity index (χ1n) is 9.13. The van der Waals surface area contributed by atoms with Gasteiger partial charge in [-0.05, 0) is 67.6 Å². The van der Waals surface area contributed by atoms with Crippen LogP contribution in [-0.2, 0) is 4.79 Å². The lowest BCUT2D eigenvalue weighted by atomic mass is 10.1. The quantitative estimate of drug-likeness (QED) is 0.179. The summed E-state index contributed by atoms with van der Waals surface area (Å²) in [6.07, 6.45) is 1.39. The number of rotatable bonds is 5. The van der Waals surface area contributed by atoms with Crippen molar-refractivity contribution in [2.45, 2.75) is 6.92 Å². The second-order valence-electron chi connectivity index (χ2n) is 6.57. The summed E-state index contributed by atoms with van der Waals surface area (Å²) in [6, 6.07) is 20.9. The van der Waals surface area contributed by atoms with E-state index in [1.807, 2.05) is 25.1 Å². The molecular formula is C24H16Br2N2O3. The number of hydrogen-bond acceptors (Lipinski definition) is 4.